The van der Waals surface area contributed by atoms with Gasteiger partial charge in [-0.3, -0.25) is 4.79 Å². The van der Waals surface area contributed by atoms with E-state index in [4.69, 9.17) is 0 Å². The molecule has 7 nitrogen and oxygen atoms in total. The third kappa shape index (κ3) is 3.27. The Morgan fingerprint density at radius 3 is 2.70 bits per heavy atom. The van der Waals surface area contributed by atoms with E-state index in [1.165, 1.54) is 10.7 Å². The number of sulfonamides is 1. The average Bonchev–Trinajstić information content (AvgIpc) is 3.17. The number of nitrogens with zero attached hydrogens (tertiary/aromatic N) is 2. The fourth-order valence-corrected chi connectivity index (χ4v) is 3.54. The molecule has 3 rings (SSSR count). The summed E-state index contributed by atoms with van der Waals surface area (Å²) in [4.78, 5) is 12.1. The Balaban J connectivity index is 1.78. The molecule has 23 heavy (non-hydrogen) atoms. The van der Waals surface area contributed by atoms with Crippen LogP contribution in [0.4, 0.5) is 0 Å². The van der Waals surface area contributed by atoms with Gasteiger partial charge in [0.25, 0.3) is 15.9 Å². The molecule has 1 aliphatic heterocycles. The summed E-state index contributed by atoms with van der Waals surface area (Å²) in [5.41, 5.74) is 0.742. The number of carbonyl (C=O) groups excluding carboxylic acids is 1. The van der Waals surface area contributed by atoms with Crippen LogP contribution in [-0.2, 0) is 14.8 Å². The van der Waals surface area contributed by atoms with Gasteiger partial charge in [-0.15, -0.1) is 0 Å². The average molecular weight is 334 g/mol. The van der Waals surface area contributed by atoms with E-state index >= 15 is 0 Å². The molecule has 1 amide bonds. The van der Waals surface area contributed by atoms with E-state index in [1.807, 2.05) is 37.3 Å². The molecule has 1 fully saturated rings. The predicted octanol–water partition coefficient (Wildman–Crippen LogP) is 0.675. The monoisotopic (exact) mass is 334 g/mol. The van der Waals surface area contributed by atoms with Crippen molar-refractivity contribution in [1.29, 1.82) is 0 Å². The number of hydrogen-bond acceptors (Lipinski definition) is 5. The van der Waals surface area contributed by atoms with Gasteiger partial charge in [0.05, 0.1) is 11.7 Å². The van der Waals surface area contributed by atoms with Crippen LogP contribution in [0.5, 0.6) is 0 Å². The Kier molecular flexibility index (Phi) is 4.18. The maximum atomic E-state index is 12.3. The molecule has 0 saturated carbocycles. The molecule has 1 saturated heterocycles. The lowest BCUT2D eigenvalue weighted by atomic mass is 10.0. The van der Waals surface area contributed by atoms with Gasteiger partial charge < -0.3 is 5.32 Å². The molecule has 2 unspecified atom stereocenters. The lowest BCUT2D eigenvalue weighted by Gasteiger charge is -2.14. The second-order valence-corrected chi connectivity index (χ2v) is 7.23. The molecule has 0 bridgehead atoms. The van der Waals surface area contributed by atoms with Crippen molar-refractivity contribution < 1.29 is 13.2 Å². The molecule has 2 heterocycles. The van der Waals surface area contributed by atoms with Crippen molar-refractivity contribution in [2.45, 2.75) is 24.4 Å². The van der Waals surface area contributed by atoms with E-state index < -0.39 is 22.0 Å². The molecule has 2 atom stereocenters. The van der Waals surface area contributed by atoms with Crippen LogP contribution in [0.15, 0.2) is 47.6 Å². The molecular weight excluding hydrogens is 316 g/mol. The summed E-state index contributed by atoms with van der Waals surface area (Å²) in [6, 6.07) is 10.0. The first-order valence-corrected chi connectivity index (χ1v) is 8.87. The van der Waals surface area contributed by atoms with Crippen molar-refractivity contribution in [2.75, 3.05) is 6.54 Å². The van der Waals surface area contributed by atoms with Gasteiger partial charge >= 0.3 is 0 Å². The molecular formula is C15H18N4O3S. The first-order valence-electron chi connectivity index (χ1n) is 7.38. The van der Waals surface area contributed by atoms with Crippen molar-refractivity contribution in [3.8, 4) is 5.69 Å². The number of para-hydroxylation sites is 1. The van der Waals surface area contributed by atoms with Gasteiger partial charge in [0.1, 0.15) is 0 Å². The van der Waals surface area contributed by atoms with Gasteiger partial charge in [0.15, 0.2) is 5.03 Å². The summed E-state index contributed by atoms with van der Waals surface area (Å²) in [7, 11) is -3.98. The van der Waals surface area contributed by atoms with Crippen molar-refractivity contribution in [2.24, 2.45) is 5.92 Å². The summed E-state index contributed by atoms with van der Waals surface area (Å²) in [5.74, 6) is -0.434. The highest BCUT2D eigenvalue weighted by atomic mass is 32.2. The SMILES string of the molecule is CC1CCNC1C(=O)NS(=O)(=O)c1ccn(-c2ccccc2)n1. The first-order chi connectivity index (χ1) is 11.0. The molecule has 0 radical (unpaired) electrons. The highest BCUT2D eigenvalue weighted by molar-refractivity contribution is 7.90. The van der Waals surface area contributed by atoms with E-state index in [9.17, 15) is 13.2 Å². The predicted molar refractivity (Wildman–Crippen MR) is 84.5 cm³/mol. The highest BCUT2D eigenvalue weighted by Crippen LogP contribution is 2.16. The minimum Gasteiger partial charge on any atom is -0.306 e. The van der Waals surface area contributed by atoms with Crippen LogP contribution in [-0.4, -0.2) is 36.7 Å². The van der Waals surface area contributed by atoms with Gasteiger partial charge in [0, 0.05) is 6.20 Å². The topological polar surface area (TPSA) is 93.1 Å². The van der Waals surface area contributed by atoms with Crippen LogP contribution in [0.2, 0.25) is 0 Å². The molecule has 0 aliphatic carbocycles. The highest BCUT2D eigenvalue weighted by Gasteiger charge is 2.32. The van der Waals surface area contributed by atoms with E-state index in [1.54, 1.807) is 6.20 Å². The molecule has 8 heteroatoms. The van der Waals surface area contributed by atoms with E-state index in [0.717, 1.165) is 12.1 Å². The standard InChI is InChI=1S/C15H18N4O3S/c1-11-7-9-16-14(11)15(20)18-23(21,22)13-8-10-19(17-13)12-5-3-2-4-6-12/h2-6,8,10-11,14,16H,7,9H2,1H3,(H,18,20). The summed E-state index contributed by atoms with van der Waals surface area (Å²) in [6.45, 7) is 2.63. The van der Waals surface area contributed by atoms with Crippen LogP contribution in [0.3, 0.4) is 0 Å². The van der Waals surface area contributed by atoms with Crippen molar-refractivity contribution >= 4 is 15.9 Å². The van der Waals surface area contributed by atoms with Crippen LogP contribution < -0.4 is 10.0 Å². The Bertz CT molecular complexity index is 801. The second kappa shape index (κ2) is 6.13. The smallest absolute Gasteiger partial charge is 0.283 e. The zero-order valence-corrected chi connectivity index (χ0v) is 13.5. The van der Waals surface area contributed by atoms with Gasteiger partial charge in [0.2, 0.25) is 0 Å². The second-order valence-electron chi connectivity index (χ2n) is 5.60. The molecule has 122 valence electrons. The Morgan fingerprint density at radius 2 is 2.04 bits per heavy atom. The number of amides is 1. The summed E-state index contributed by atoms with van der Waals surface area (Å²) in [6.07, 6.45) is 2.39. The van der Waals surface area contributed by atoms with Crippen molar-refractivity contribution in [3.63, 3.8) is 0 Å². The molecule has 1 aromatic heterocycles. The first kappa shape index (κ1) is 15.7. The van der Waals surface area contributed by atoms with Crippen LogP contribution >= 0.6 is 0 Å². The maximum Gasteiger partial charge on any atom is 0.283 e. The summed E-state index contributed by atoms with van der Waals surface area (Å²) in [5, 5.41) is 6.87. The Morgan fingerprint density at radius 1 is 1.30 bits per heavy atom. The third-order valence-electron chi connectivity index (χ3n) is 3.91. The summed E-state index contributed by atoms with van der Waals surface area (Å²) >= 11 is 0. The van der Waals surface area contributed by atoms with Crippen molar-refractivity contribution in [1.82, 2.24) is 19.8 Å². The van der Waals surface area contributed by atoms with Gasteiger partial charge in [-0.2, -0.15) is 13.5 Å². The van der Waals surface area contributed by atoms with E-state index in [-0.39, 0.29) is 10.9 Å². The number of hydrogen-bond donors (Lipinski definition) is 2. The largest absolute Gasteiger partial charge is 0.306 e. The quantitative estimate of drug-likeness (QED) is 0.857. The number of carbonyl (C=O) groups is 1. The van der Waals surface area contributed by atoms with Gasteiger partial charge in [-0.1, -0.05) is 25.1 Å². The maximum absolute atomic E-state index is 12.3. The molecule has 2 N–H and O–H groups in total. The van der Waals surface area contributed by atoms with Crippen molar-refractivity contribution in [3.05, 3.63) is 42.6 Å². The Labute approximate surface area is 134 Å². The van der Waals surface area contributed by atoms with E-state index in [0.29, 0.717) is 6.54 Å². The fourth-order valence-electron chi connectivity index (χ4n) is 2.61. The number of rotatable bonds is 4. The number of nitrogens with one attached hydrogen (secondary N) is 2. The van der Waals surface area contributed by atoms with Gasteiger partial charge in [-0.25, -0.2) is 9.40 Å². The zero-order valence-electron chi connectivity index (χ0n) is 12.6. The minimum absolute atomic E-state index is 0.104. The number of aromatic nitrogens is 2. The van der Waals surface area contributed by atoms with Crippen LogP contribution in [0, 0.1) is 5.92 Å². The molecule has 2 aromatic rings. The fraction of sp³-hybridized carbons (Fsp3) is 0.333. The molecule has 0 spiro atoms. The molecule has 1 aliphatic rings. The van der Waals surface area contributed by atoms with E-state index in [2.05, 4.69) is 15.1 Å². The third-order valence-corrected chi connectivity index (χ3v) is 5.15. The van der Waals surface area contributed by atoms with Crippen LogP contribution in [0.1, 0.15) is 13.3 Å². The Hall–Kier alpha value is -2.19. The molecule has 1 aromatic carbocycles. The van der Waals surface area contributed by atoms with Gasteiger partial charge in [-0.05, 0) is 37.1 Å². The minimum atomic E-state index is -3.98. The number of benzene rings is 1. The summed E-state index contributed by atoms with van der Waals surface area (Å²) < 4.78 is 28.2. The van der Waals surface area contributed by atoms with Crippen LogP contribution in [0.25, 0.3) is 5.69 Å². The lowest BCUT2D eigenvalue weighted by Crippen LogP contribution is -2.45. The lowest BCUT2D eigenvalue weighted by molar-refractivity contribution is -0.121. The normalized spacial score (nSPS) is 21.3. The zero-order chi connectivity index (χ0) is 16.4.